The molecule has 0 saturated carbocycles. The Labute approximate surface area is 120 Å². The van der Waals surface area contributed by atoms with Crippen LogP contribution in [0.1, 0.15) is 4.88 Å². The summed E-state index contributed by atoms with van der Waals surface area (Å²) in [7, 11) is 0. The summed E-state index contributed by atoms with van der Waals surface area (Å²) in [5.74, 6) is 0. The van der Waals surface area contributed by atoms with E-state index >= 15 is 0 Å². The van der Waals surface area contributed by atoms with Crippen LogP contribution in [0.15, 0.2) is 48.5 Å². The molecule has 1 aliphatic heterocycles. The zero-order chi connectivity index (χ0) is 11.5. The van der Waals surface area contributed by atoms with E-state index in [1.54, 1.807) is 0 Å². The maximum atomic E-state index is 2.41. The summed E-state index contributed by atoms with van der Waals surface area (Å²) in [5, 5.41) is 0. The highest BCUT2D eigenvalue weighted by Crippen LogP contribution is 2.38. The van der Waals surface area contributed by atoms with Gasteiger partial charge in [0.2, 0.25) is 0 Å². The van der Waals surface area contributed by atoms with Crippen LogP contribution in [0.3, 0.4) is 0 Å². The van der Waals surface area contributed by atoms with Gasteiger partial charge in [-0.3, -0.25) is 0 Å². The minimum Gasteiger partial charge on any atom is -0.135 e. The number of rotatable bonds is 2. The van der Waals surface area contributed by atoms with Crippen LogP contribution >= 0.6 is 43.8 Å². The van der Waals surface area contributed by atoms with Crippen LogP contribution in [0.25, 0.3) is 15.3 Å². The predicted molar refractivity (Wildman–Crippen MR) is 90.3 cm³/mol. The topological polar surface area (TPSA) is 0 Å². The molecule has 0 N–H and O–H groups in total. The summed E-state index contributed by atoms with van der Waals surface area (Å²) in [6.07, 6.45) is 2.40. The second-order valence-corrected chi connectivity index (χ2v) is 8.84. The van der Waals surface area contributed by atoms with Crippen LogP contribution < -0.4 is 0 Å². The van der Waals surface area contributed by atoms with Gasteiger partial charge in [0.25, 0.3) is 0 Å². The predicted octanol–water partition coefficient (Wildman–Crippen LogP) is 5.23. The highest BCUT2D eigenvalue weighted by molar-refractivity contribution is 14.2. The van der Waals surface area contributed by atoms with Crippen LogP contribution in [-0.4, -0.2) is 7.77 Å². The van der Waals surface area contributed by atoms with Crippen molar-refractivity contribution in [3.8, 4) is 10.4 Å². The van der Waals surface area contributed by atoms with Crippen LogP contribution in [0.4, 0.5) is 0 Å². The van der Waals surface area contributed by atoms with Crippen LogP contribution in [-0.2, 0) is 0 Å². The molecule has 0 aliphatic carbocycles. The molecule has 17 heavy (non-hydrogen) atoms. The van der Waals surface area contributed by atoms with Crippen molar-refractivity contribution >= 4 is 52.1 Å². The van der Waals surface area contributed by atoms with Crippen LogP contribution in [0.2, 0.25) is 0 Å². The molecule has 0 fully saturated rings. The minimum absolute atomic E-state index is 0.324. The Morgan fingerprint density at radius 1 is 0.941 bits per heavy atom. The molecule has 0 bridgehead atoms. The molecule has 2 aromatic rings. The fraction of sp³-hybridized carbons (Fsp3) is 0.0714. The highest BCUT2D eigenvalue weighted by atomic mass is 127. The molecule has 2 heterocycles. The number of thioether (sulfide) groups is 1. The van der Waals surface area contributed by atoms with Crippen molar-refractivity contribution in [2.45, 2.75) is 0 Å². The molecule has 0 atom stereocenters. The van der Waals surface area contributed by atoms with Crippen molar-refractivity contribution in [1.29, 1.82) is 0 Å². The van der Waals surface area contributed by atoms with Gasteiger partial charge in [0.15, 0.2) is 0 Å². The lowest BCUT2D eigenvalue weighted by Gasteiger charge is -2.03. The molecule has 0 unspecified atom stereocenters. The van der Waals surface area contributed by atoms with E-state index in [1.807, 2.05) is 23.1 Å². The van der Waals surface area contributed by atoms with Gasteiger partial charge in [-0.2, -0.15) is 0 Å². The van der Waals surface area contributed by atoms with E-state index in [0.717, 1.165) is 0 Å². The molecule has 3 rings (SSSR count). The SMILES string of the molecule is C1=ICC=C(c2ccc(-c3ccccc3)s2)S1. The molecule has 0 radical (unpaired) electrons. The van der Waals surface area contributed by atoms with Crippen molar-refractivity contribution < 1.29 is 0 Å². The lowest BCUT2D eigenvalue weighted by atomic mass is 10.2. The summed E-state index contributed by atoms with van der Waals surface area (Å²) in [4.78, 5) is 4.22. The first-order valence-corrected chi connectivity index (χ1v) is 9.82. The Morgan fingerprint density at radius 2 is 1.76 bits per heavy atom. The number of halogens is 1. The highest BCUT2D eigenvalue weighted by Gasteiger charge is 2.08. The van der Waals surface area contributed by atoms with Gasteiger partial charge in [-0.25, -0.2) is 0 Å². The molecule has 3 heteroatoms. The summed E-state index contributed by atoms with van der Waals surface area (Å²) in [6, 6.07) is 15.1. The summed E-state index contributed by atoms with van der Waals surface area (Å²) < 4.78 is 3.70. The molecule has 1 aliphatic rings. The normalized spacial score (nSPS) is 15.2. The van der Waals surface area contributed by atoms with E-state index in [0.29, 0.717) is 20.7 Å². The smallest absolute Gasteiger partial charge is 0.0413 e. The molecular weight excluding hydrogens is 359 g/mol. The van der Waals surface area contributed by atoms with Crippen LogP contribution in [0, 0.1) is 0 Å². The van der Waals surface area contributed by atoms with Crippen molar-refractivity contribution in [1.82, 2.24) is 0 Å². The Hall–Kier alpha value is -0.390. The first-order chi connectivity index (χ1) is 8.43. The molecular formula is C14H11IS2. The number of hydrogen-bond acceptors (Lipinski definition) is 2. The zero-order valence-electron chi connectivity index (χ0n) is 9.10. The molecule has 0 saturated heterocycles. The van der Waals surface area contributed by atoms with Crippen molar-refractivity contribution in [3.63, 3.8) is 0 Å². The fourth-order valence-corrected chi connectivity index (χ4v) is 6.45. The third-order valence-electron chi connectivity index (χ3n) is 2.49. The fourth-order valence-electron chi connectivity index (χ4n) is 1.67. The summed E-state index contributed by atoms with van der Waals surface area (Å²) in [6.45, 7) is 0. The Morgan fingerprint density at radius 3 is 2.53 bits per heavy atom. The maximum Gasteiger partial charge on any atom is 0.0413 e. The number of thiophene rings is 1. The Bertz CT molecular complexity index is 567. The van der Waals surface area contributed by atoms with Crippen molar-refractivity contribution in [3.05, 3.63) is 53.4 Å². The first kappa shape index (κ1) is 11.7. The maximum absolute atomic E-state index is 2.41. The van der Waals surface area contributed by atoms with E-state index in [4.69, 9.17) is 0 Å². The largest absolute Gasteiger partial charge is 0.135 e. The van der Waals surface area contributed by atoms with E-state index in [-0.39, 0.29) is 0 Å². The average molecular weight is 370 g/mol. The lowest BCUT2D eigenvalue weighted by Crippen LogP contribution is -1.79. The third-order valence-corrected chi connectivity index (χ3v) is 7.44. The molecule has 1 aromatic carbocycles. The number of hydrogen-bond donors (Lipinski definition) is 0. The van der Waals surface area contributed by atoms with Gasteiger partial charge in [-0.15, -0.1) is 32.1 Å². The van der Waals surface area contributed by atoms with Gasteiger partial charge < -0.3 is 0 Å². The van der Waals surface area contributed by atoms with Gasteiger partial charge in [0.1, 0.15) is 0 Å². The molecule has 0 amide bonds. The van der Waals surface area contributed by atoms with Gasteiger partial charge >= 0.3 is 0 Å². The number of benzene rings is 1. The zero-order valence-corrected chi connectivity index (χ0v) is 12.9. The monoisotopic (exact) mass is 370 g/mol. The molecule has 0 nitrogen and oxygen atoms in total. The summed E-state index contributed by atoms with van der Waals surface area (Å²) >= 11 is 4.14. The second kappa shape index (κ2) is 5.50. The van der Waals surface area contributed by atoms with Crippen molar-refractivity contribution in [2.24, 2.45) is 0 Å². The Balaban J connectivity index is 1.91. The summed E-state index contributed by atoms with van der Waals surface area (Å²) in [5.41, 5.74) is 1.32. The Kier molecular flexibility index (Phi) is 3.78. The lowest BCUT2D eigenvalue weighted by molar-refractivity contribution is 1.70. The number of allylic oxidation sites excluding steroid dienone is 1. The van der Waals surface area contributed by atoms with Gasteiger partial charge in [0, 0.05) is 22.4 Å². The van der Waals surface area contributed by atoms with E-state index < -0.39 is 0 Å². The van der Waals surface area contributed by atoms with Crippen molar-refractivity contribution in [2.75, 3.05) is 4.43 Å². The second-order valence-electron chi connectivity index (χ2n) is 3.61. The first-order valence-electron chi connectivity index (χ1n) is 5.35. The molecule has 1 aromatic heterocycles. The van der Waals surface area contributed by atoms with Gasteiger partial charge in [-0.1, -0.05) is 48.2 Å². The van der Waals surface area contributed by atoms with Gasteiger partial charge in [-0.05, 0) is 17.7 Å². The standard InChI is InChI=1S/C14H11IS2/c1-2-4-11(5-3-1)12-6-7-14(17-12)13-8-9-15-10-16-13/h1-8,10H,9H2. The minimum atomic E-state index is 0.324. The van der Waals surface area contributed by atoms with E-state index in [1.165, 1.54) is 24.7 Å². The van der Waals surface area contributed by atoms with Crippen LogP contribution in [0.5, 0.6) is 0 Å². The number of alkyl halides is 1. The van der Waals surface area contributed by atoms with E-state index in [2.05, 4.69) is 51.9 Å². The van der Waals surface area contributed by atoms with Gasteiger partial charge in [0.05, 0.1) is 0 Å². The third kappa shape index (κ3) is 2.72. The molecule has 86 valence electrons. The average Bonchev–Trinajstić information content (AvgIpc) is 2.90. The van der Waals surface area contributed by atoms with E-state index in [9.17, 15) is 0 Å². The quantitative estimate of drug-likeness (QED) is 0.515. The molecule has 0 spiro atoms.